The van der Waals surface area contributed by atoms with Crippen molar-refractivity contribution in [2.45, 2.75) is 39.7 Å². The summed E-state index contributed by atoms with van der Waals surface area (Å²) >= 11 is 2.24. The molecule has 1 aromatic heterocycles. The van der Waals surface area contributed by atoms with Crippen LogP contribution in [-0.2, 0) is 14.2 Å². The Morgan fingerprint density at radius 1 is 1.00 bits per heavy atom. The summed E-state index contributed by atoms with van der Waals surface area (Å²) in [4.78, 5) is 12.3. The van der Waals surface area contributed by atoms with Crippen molar-refractivity contribution in [3.05, 3.63) is 51.4 Å². The summed E-state index contributed by atoms with van der Waals surface area (Å²) in [5.74, 6) is 0.621. The molecule has 2 rings (SSSR count). The number of carbonyl (C=O) groups is 1. The third-order valence-corrected chi connectivity index (χ3v) is 5.53. The molecule has 8 heteroatoms. The molecule has 2 aromatic rings. The van der Waals surface area contributed by atoms with E-state index < -0.39 is 0 Å². The predicted octanol–water partition coefficient (Wildman–Crippen LogP) is 4.31. The van der Waals surface area contributed by atoms with Crippen LogP contribution in [0.1, 0.15) is 55.6 Å². The van der Waals surface area contributed by atoms with E-state index in [4.69, 9.17) is 14.2 Å². The van der Waals surface area contributed by atoms with Crippen LogP contribution in [0.2, 0.25) is 0 Å². The molecule has 1 amide bonds. The first-order valence-corrected chi connectivity index (χ1v) is 12.4. The second-order valence-corrected chi connectivity index (χ2v) is 9.31. The first-order valence-electron chi connectivity index (χ1n) is 11.3. The van der Waals surface area contributed by atoms with E-state index in [2.05, 4.69) is 53.8 Å². The molecule has 0 spiro atoms. The van der Waals surface area contributed by atoms with Gasteiger partial charge in [-0.05, 0) is 66.0 Å². The SMILES string of the molecule is CC(C)CCCOCCOCCOCCNC(=O)c1ccc(C(C)n2cc(I)cn2)cc1. The second kappa shape index (κ2) is 15.4. The number of halogens is 1. The Morgan fingerprint density at radius 3 is 2.22 bits per heavy atom. The molecule has 1 unspecified atom stereocenters. The molecule has 178 valence electrons. The largest absolute Gasteiger partial charge is 0.379 e. The number of rotatable bonds is 16. The van der Waals surface area contributed by atoms with E-state index in [0.717, 1.165) is 28.1 Å². The highest BCUT2D eigenvalue weighted by atomic mass is 127. The summed E-state index contributed by atoms with van der Waals surface area (Å²) in [5, 5.41) is 7.23. The number of amides is 1. The summed E-state index contributed by atoms with van der Waals surface area (Å²) in [6, 6.07) is 7.74. The quantitative estimate of drug-likeness (QED) is 0.246. The van der Waals surface area contributed by atoms with E-state index >= 15 is 0 Å². The Morgan fingerprint density at radius 2 is 1.62 bits per heavy atom. The number of carbonyl (C=O) groups excluding carboxylic acids is 1. The highest BCUT2D eigenvalue weighted by Crippen LogP contribution is 2.18. The molecular weight excluding hydrogens is 521 g/mol. The zero-order valence-corrected chi connectivity index (χ0v) is 21.5. The Hall–Kier alpha value is -1.49. The number of benzene rings is 1. The van der Waals surface area contributed by atoms with E-state index in [9.17, 15) is 4.79 Å². The second-order valence-electron chi connectivity index (χ2n) is 8.07. The van der Waals surface area contributed by atoms with Gasteiger partial charge in [-0.1, -0.05) is 26.0 Å². The molecule has 0 saturated heterocycles. The molecule has 0 fully saturated rings. The van der Waals surface area contributed by atoms with Crippen molar-refractivity contribution in [1.82, 2.24) is 15.1 Å². The number of aromatic nitrogens is 2. The maximum absolute atomic E-state index is 12.3. The topological polar surface area (TPSA) is 74.6 Å². The molecule has 1 N–H and O–H groups in total. The van der Waals surface area contributed by atoms with Gasteiger partial charge >= 0.3 is 0 Å². The summed E-state index contributed by atoms with van der Waals surface area (Å²) < 4.78 is 19.5. The zero-order valence-electron chi connectivity index (χ0n) is 19.4. The molecule has 1 heterocycles. The van der Waals surface area contributed by atoms with E-state index in [0.29, 0.717) is 45.1 Å². The van der Waals surface area contributed by atoms with Crippen LogP contribution in [0, 0.1) is 9.49 Å². The maximum atomic E-state index is 12.3. The lowest BCUT2D eigenvalue weighted by Crippen LogP contribution is -2.27. The highest BCUT2D eigenvalue weighted by Gasteiger charge is 2.11. The number of hydrogen-bond acceptors (Lipinski definition) is 5. The van der Waals surface area contributed by atoms with Crippen LogP contribution in [0.25, 0.3) is 0 Å². The van der Waals surface area contributed by atoms with Crippen LogP contribution in [0.15, 0.2) is 36.7 Å². The molecular formula is C24H36IN3O4. The minimum Gasteiger partial charge on any atom is -0.379 e. The third-order valence-electron chi connectivity index (χ3n) is 4.97. The molecule has 1 aromatic carbocycles. The summed E-state index contributed by atoms with van der Waals surface area (Å²) in [6.45, 7) is 10.5. The van der Waals surface area contributed by atoms with Crippen LogP contribution < -0.4 is 5.32 Å². The average Bonchev–Trinajstić information content (AvgIpc) is 3.22. The van der Waals surface area contributed by atoms with Gasteiger partial charge in [0.2, 0.25) is 0 Å². The van der Waals surface area contributed by atoms with Gasteiger partial charge in [0.25, 0.3) is 5.91 Å². The number of hydrogen-bond donors (Lipinski definition) is 1. The van der Waals surface area contributed by atoms with Crippen molar-refractivity contribution in [3.63, 3.8) is 0 Å². The molecule has 0 aliphatic rings. The van der Waals surface area contributed by atoms with E-state index in [-0.39, 0.29) is 11.9 Å². The zero-order chi connectivity index (χ0) is 23.2. The van der Waals surface area contributed by atoms with Crippen LogP contribution in [0.5, 0.6) is 0 Å². The van der Waals surface area contributed by atoms with Crippen LogP contribution in [-0.4, -0.2) is 61.9 Å². The van der Waals surface area contributed by atoms with Crippen LogP contribution in [0.3, 0.4) is 0 Å². The van der Waals surface area contributed by atoms with E-state index in [1.807, 2.05) is 41.3 Å². The van der Waals surface area contributed by atoms with E-state index in [1.165, 1.54) is 6.42 Å². The van der Waals surface area contributed by atoms with Gasteiger partial charge < -0.3 is 19.5 Å². The Bertz CT molecular complexity index is 780. The fraction of sp³-hybridized carbons (Fsp3) is 0.583. The highest BCUT2D eigenvalue weighted by molar-refractivity contribution is 14.1. The summed E-state index contributed by atoms with van der Waals surface area (Å²) in [6.07, 6.45) is 6.12. The van der Waals surface area contributed by atoms with Gasteiger partial charge in [0, 0.05) is 24.9 Å². The van der Waals surface area contributed by atoms with Crippen molar-refractivity contribution in [3.8, 4) is 0 Å². The van der Waals surface area contributed by atoms with Crippen molar-refractivity contribution >= 4 is 28.5 Å². The molecule has 32 heavy (non-hydrogen) atoms. The normalized spacial score (nSPS) is 12.3. The number of nitrogens with one attached hydrogen (secondary N) is 1. The molecule has 0 radical (unpaired) electrons. The van der Waals surface area contributed by atoms with Gasteiger partial charge in [0.1, 0.15) is 0 Å². The van der Waals surface area contributed by atoms with Gasteiger partial charge in [-0.15, -0.1) is 0 Å². The lowest BCUT2D eigenvalue weighted by Gasteiger charge is -2.13. The van der Waals surface area contributed by atoms with Gasteiger partial charge in [0.05, 0.1) is 48.8 Å². The molecule has 0 aliphatic heterocycles. The summed E-state index contributed by atoms with van der Waals surface area (Å²) in [7, 11) is 0. The van der Waals surface area contributed by atoms with Crippen molar-refractivity contribution in [2.24, 2.45) is 5.92 Å². The monoisotopic (exact) mass is 557 g/mol. The number of nitrogens with zero attached hydrogens (tertiary/aromatic N) is 2. The van der Waals surface area contributed by atoms with Crippen molar-refractivity contribution in [2.75, 3.05) is 46.2 Å². The molecule has 0 saturated carbocycles. The van der Waals surface area contributed by atoms with Gasteiger partial charge in [-0.3, -0.25) is 9.48 Å². The fourth-order valence-electron chi connectivity index (χ4n) is 3.07. The van der Waals surface area contributed by atoms with Crippen LogP contribution in [0.4, 0.5) is 0 Å². The predicted molar refractivity (Wildman–Crippen MR) is 134 cm³/mol. The Balaban J connectivity index is 1.50. The number of ether oxygens (including phenoxy) is 3. The minimum absolute atomic E-state index is 0.104. The molecule has 0 aliphatic carbocycles. The first kappa shape index (κ1) is 26.8. The molecule has 1 atom stereocenters. The lowest BCUT2D eigenvalue weighted by atomic mass is 10.1. The van der Waals surface area contributed by atoms with Gasteiger partial charge in [0.15, 0.2) is 0 Å². The van der Waals surface area contributed by atoms with Gasteiger partial charge in [-0.25, -0.2) is 0 Å². The fourth-order valence-corrected chi connectivity index (χ4v) is 3.48. The molecule has 0 bridgehead atoms. The minimum atomic E-state index is -0.104. The van der Waals surface area contributed by atoms with Crippen molar-refractivity contribution < 1.29 is 19.0 Å². The standard InChI is InChI=1S/C24H36IN3O4/c1-19(2)5-4-11-30-13-15-32-16-14-31-12-10-26-24(29)22-8-6-21(7-9-22)20(3)28-18-23(25)17-27-28/h6-9,17-20H,4-5,10-16H2,1-3H3,(H,26,29). The van der Waals surface area contributed by atoms with E-state index in [1.54, 1.807) is 0 Å². The first-order chi connectivity index (χ1) is 15.5. The smallest absolute Gasteiger partial charge is 0.251 e. The van der Waals surface area contributed by atoms with Crippen molar-refractivity contribution in [1.29, 1.82) is 0 Å². The maximum Gasteiger partial charge on any atom is 0.251 e. The molecule has 7 nitrogen and oxygen atoms in total. The van der Waals surface area contributed by atoms with Crippen LogP contribution >= 0.6 is 22.6 Å². The summed E-state index contributed by atoms with van der Waals surface area (Å²) in [5.41, 5.74) is 1.73. The average molecular weight is 557 g/mol. The lowest BCUT2D eigenvalue weighted by molar-refractivity contribution is 0.0142. The third kappa shape index (κ3) is 10.4. The van der Waals surface area contributed by atoms with Gasteiger partial charge in [-0.2, -0.15) is 5.10 Å². The Kier molecular flexibility index (Phi) is 12.8. The Labute approximate surface area is 205 Å².